The minimum absolute atomic E-state index is 0.0640. The molecule has 0 aliphatic carbocycles. The molecule has 0 saturated carbocycles. The maximum absolute atomic E-state index is 12.6. The third-order valence-electron chi connectivity index (χ3n) is 4.26. The first-order valence-electron chi connectivity index (χ1n) is 6.94. The number of hydrogen-bond donors (Lipinski definition) is 1. The fraction of sp³-hybridized carbons (Fsp3) is 0.400. The van der Waals surface area contributed by atoms with E-state index in [1.807, 2.05) is 31.2 Å². The summed E-state index contributed by atoms with van der Waals surface area (Å²) in [4.78, 5) is 17.3. The van der Waals surface area contributed by atoms with E-state index in [1.165, 1.54) is 0 Å². The highest BCUT2D eigenvalue weighted by Gasteiger charge is 2.33. The molecule has 1 N–H and O–H groups in total. The molecule has 1 aliphatic rings. The zero-order valence-electron chi connectivity index (χ0n) is 12.1. The highest BCUT2D eigenvalue weighted by atomic mass is 32.2. The Morgan fingerprint density at radius 2 is 2.05 bits per heavy atom. The molecular weight excluding hydrogens is 288 g/mol. The van der Waals surface area contributed by atoms with Gasteiger partial charge < -0.3 is 9.88 Å². The number of aromatic nitrogens is 1. The van der Waals surface area contributed by atoms with Crippen molar-refractivity contribution in [2.45, 2.75) is 19.4 Å². The molecule has 1 fully saturated rings. The Bertz CT molecular complexity index is 807. The van der Waals surface area contributed by atoms with Crippen molar-refractivity contribution in [1.82, 2.24) is 9.88 Å². The number of para-hydroxylation sites is 1. The quantitative estimate of drug-likeness (QED) is 0.918. The number of carbonyl (C=O) groups excluding carboxylic acids is 1. The molecule has 1 aliphatic heterocycles. The minimum Gasteiger partial charge on any atom is -0.350 e. The molecule has 0 bridgehead atoms. The van der Waals surface area contributed by atoms with E-state index < -0.39 is 9.84 Å². The average molecular weight is 306 g/mol. The van der Waals surface area contributed by atoms with Gasteiger partial charge in [-0.1, -0.05) is 18.2 Å². The molecule has 0 radical (unpaired) electrons. The highest BCUT2D eigenvalue weighted by Crippen LogP contribution is 2.24. The van der Waals surface area contributed by atoms with Gasteiger partial charge in [-0.05, 0) is 25.0 Å². The van der Waals surface area contributed by atoms with Crippen molar-refractivity contribution in [2.75, 3.05) is 18.6 Å². The van der Waals surface area contributed by atoms with Gasteiger partial charge in [0.25, 0.3) is 5.91 Å². The first kappa shape index (κ1) is 14.1. The zero-order chi connectivity index (χ0) is 15.2. The van der Waals surface area contributed by atoms with Crippen LogP contribution in [0.25, 0.3) is 10.9 Å². The maximum Gasteiger partial charge on any atom is 0.270 e. The van der Waals surface area contributed by atoms with Crippen molar-refractivity contribution in [3.8, 4) is 0 Å². The monoisotopic (exact) mass is 306 g/mol. The SMILES string of the molecule is Cc1c(C(=O)N(C)C2CCS(=O)(=O)C2)[nH]c2ccccc12. The van der Waals surface area contributed by atoms with Crippen LogP contribution in [0.3, 0.4) is 0 Å². The van der Waals surface area contributed by atoms with Gasteiger partial charge in [-0.25, -0.2) is 8.42 Å². The first-order valence-corrected chi connectivity index (χ1v) is 8.76. The van der Waals surface area contributed by atoms with Crippen molar-refractivity contribution in [3.63, 3.8) is 0 Å². The van der Waals surface area contributed by atoms with Crippen LogP contribution in [0.5, 0.6) is 0 Å². The van der Waals surface area contributed by atoms with Gasteiger partial charge in [-0.15, -0.1) is 0 Å². The summed E-state index contributed by atoms with van der Waals surface area (Å²) in [5, 5.41) is 1.02. The van der Waals surface area contributed by atoms with E-state index in [2.05, 4.69) is 4.98 Å². The Hall–Kier alpha value is -1.82. The van der Waals surface area contributed by atoms with E-state index in [0.717, 1.165) is 16.5 Å². The first-order chi connectivity index (χ1) is 9.89. The van der Waals surface area contributed by atoms with Gasteiger partial charge in [0.15, 0.2) is 9.84 Å². The number of rotatable bonds is 2. The highest BCUT2D eigenvalue weighted by molar-refractivity contribution is 7.91. The predicted molar refractivity (Wildman–Crippen MR) is 82.2 cm³/mol. The second-order valence-electron chi connectivity index (χ2n) is 5.64. The van der Waals surface area contributed by atoms with Gasteiger partial charge in [-0.3, -0.25) is 4.79 Å². The summed E-state index contributed by atoms with van der Waals surface area (Å²) in [6.45, 7) is 1.91. The topological polar surface area (TPSA) is 70.2 Å². The number of nitrogens with zero attached hydrogens (tertiary/aromatic N) is 1. The number of sulfone groups is 1. The smallest absolute Gasteiger partial charge is 0.270 e. The molecule has 3 rings (SSSR count). The molecule has 1 saturated heterocycles. The summed E-state index contributed by atoms with van der Waals surface area (Å²) < 4.78 is 23.1. The van der Waals surface area contributed by atoms with Gasteiger partial charge in [0.1, 0.15) is 5.69 Å². The number of nitrogens with one attached hydrogen (secondary N) is 1. The number of fused-ring (bicyclic) bond motifs is 1. The normalized spacial score (nSPS) is 20.8. The molecule has 0 spiro atoms. The van der Waals surface area contributed by atoms with E-state index in [9.17, 15) is 13.2 Å². The second-order valence-corrected chi connectivity index (χ2v) is 7.87. The lowest BCUT2D eigenvalue weighted by atomic mass is 10.1. The molecule has 1 aromatic heterocycles. The molecular formula is C15H18N2O3S. The Labute approximate surface area is 123 Å². The van der Waals surface area contributed by atoms with Crippen molar-refractivity contribution < 1.29 is 13.2 Å². The number of H-pyrrole nitrogens is 1. The van der Waals surface area contributed by atoms with E-state index in [1.54, 1.807) is 11.9 Å². The molecule has 2 aromatic rings. The summed E-state index contributed by atoms with van der Waals surface area (Å²) in [5.74, 6) is 0.0842. The summed E-state index contributed by atoms with van der Waals surface area (Å²) in [6, 6.07) is 7.52. The molecule has 6 heteroatoms. The molecule has 112 valence electrons. The zero-order valence-corrected chi connectivity index (χ0v) is 12.9. The third-order valence-corrected chi connectivity index (χ3v) is 6.01. The number of amides is 1. The van der Waals surface area contributed by atoms with Crippen LogP contribution in [0.1, 0.15) is 22.5 Å². The minimum atomic E-state index is -3.00. The van der Waals surface area contributed by atoms with Crippen LogP contribution in [-0.4, -0.2) is 48.8 Å². The summed E-state index contributed by atoms with van der Waals surface area (Å²) in [6.07, 6.45) is 0.518. The van der Waals surface area contributed by atoms with Crippen LogP contribution in [0, 0.1) is 6.92 Å². The van der Waals surface area contributed by atoms with Crippen molar-refractivity contribution in [3.05, 3.63) is 35.5 Å². The molecule has 21 heavy (non-hydrogen) atoms. The number of hydrogen-bond acceptors (Lipinski definition) is 3. The van der Waals surface area contributed by atoms with E-state index in [0.29, 0.717) is 12.1 Å². The number of benzene rings is 1. The summed E-state index contributed by atoms with van der Waals surface area (Å²) in [5.41, 5.74) is 2.37. The molecule has 5 nitrogen and oxygen atoms in total. The number of aromatic amines is 1. The molecule has 1 amide bonds. The fourth-order valence-corrected chi connectivity index (χ4v) is 4.69. The average Bonchev–Trinajstić information content (AvgIpc) is 2.98. The second kappa shape index (κ2) is 4.87. The summed E-state index contributed by atoms with van der Waals surface area (Å²) in [7, 11) is -1.32. The predicted octanol–water partition coefficient (Wildman–Crippen LogP) is 1.74. The largest absolute Gasteiger partial charge is 0.350 e. The van der Waals surface area contributed by atoms with Gasteiger partial charge in [0.05, 0.1) is 11.5 Å². The Morgan fingerprint density at radius 1 is 1.33 bits per heavy atom. The van der Waals surface area contributed by atoms with E-state index >= 15 is 0 Å². The van der Waals surface area contributed by atoms with Gasteiger partial charge in [-0.2, -0.15) is 0 Å². The van der Waals surface area contributed by atoms with Crippen LogP contribution >= 0.6 is 0 Å². The van der Waals surface area contributed by atoms with Crippen LogP contribution in [-0.2, 0) is 9.84 Å². The lowest BCUT2D eigenvalue weighted by Crippen LogP contribution is -2.38. The van der Waals surface area contributed by atoms with Crippen LogP contribution in [0.15, 0.2) is 24.3 Å². The maximum atomic E-state index is 12.6. The van der Waals surface area contributed by atoms with E-state index in [4.69, 9.17) is 0 Å². The molecule has 2 heterocycles. The Kier molecular flexibility index (Phi) is 3.28. The fourth-order valence-electron chi connectivity index (χ4n) is 2.92. The lowest BCUT2D eigenvalue weighted by molar-refractivity contribution is 0.0742. The van der Waals surface area contributed by atoms with Gasteiger partial charge in [0, 0.05) is 24.0 Å². The Balaban J connectivity index is 1.92. The van der Waals surface area contributed by atoms with Crippen molar-refractivity contribution >= 4 is 26.6 Å². The van der Waals surface area contributed by atoms with Crippen LogP contribution < -0.4 is 0 Å². The van der Waals surface area contributed by atoms with Crippen LogP contribution in [0.4, 0.5) is 0 Å². The molecule has 1 atom stereocenters. The number of carbonyl (C=O) groups is 1. The van der Waals surface area contributed by atoms with Crippen LogP contribution in [0.2, 0.25) is 0 Å². The molecule has 1 aromatic carbocycles. The third kappa shape index (κ3) is 2.44. The van der Waals surface area contributed by atoms with Crippen molar-refractivity contribution in [2.24, 2.45) is 0 Å². The Morgan fingerprint density at radius 3 is 2.67 bits per heavy atom. The lowest BCUT2D eigenvalue weighted by Gasteiger charge is -2.23. The van der Waals surface area contributed by atoms with Gasteiger partial charge >= 0.3 is 0 Å². The standard InChI is InChI=1S/C15H18N2O3S/c1-10-12-5-3-4-6-13(12)16-14(10)15(18)17(2)11-7-8-21(19,20)9-11/h3-6,11,16H,7-9H2,1-2H3. The number of aryl methyl sites for hydroxylation is 1. The molecule has 1 unspecified atom stereocenters. The summed E-state index contributed by atoms with van der Waals surface area (Å²) >= 11 is 0. The van der Waals surface area contributed by atoms with Crippen molar-refractivity contribution in [1.29, 1.82) is 0 Å². The van der Waals surface area contributed by atoms with Gasteiger partial charge in [0.2, 0.25) is 0 Å². The van der Waals surface area contributed by atoms with E-state index in [-0.39, 0.29) is 23.5 Å².